The molecule has 110 valence electrons. The molecule has 1 amide bonds. The molecule has 1 aromatic rings. The average molecular weight is 275 g/mol. The van der Waals surface area contributed by atoms with E-state index in [9.17, 15) is 4.79 Å². The van der Waals surface area contributed by atoms with E-state index >= 15 is 0 Å². The smallest absolute Gasteiger partial charge is 0.220 e. The van der Waals surface area contributed by atoms with Gasteiger partial charge in [0.15, 0.2) is 0 Å². The molecule has 1 aliphatic carbocycles. The highest BCUT2D eigenvalue weighted by atomic mass is 16.1. The van der Waals surface area contributed by atoms with E-state index in [1.165, 1.54) is 0 Å². The van der Waals surface area contributed by atoms with Crippen molar-refractivity contribution in [2.75, 3.05) is 0 Å². The maximum absolute atomic E-state index is 12.1. The van der Waals surface area contributed by atoms with Crippen LogP contribution < -0.4 is 11.1 Å². The van der Waals surface area contributed by atoms with Gasteiger partial charge >= 0.3 is 0 Å². The van der Waals surface area contributed by atoms with Crippen LogP contribution >= 0.6 is 0 Å². The van der Waals surface area contributed by atoms with Gasteiger partial charge < -0.3 is 11.1 Å². The minimum Gasteiger partial charge on any atom is -0.352 e. The highest BCUT2D eigenvalue weighted by Crippen LogP contribution is 2.52. The lowest BCUT2D eigenvalue weighted by Crippen LogP contribution is -2.76. The molecule has 0 unspecified atom stereocenters. The first-order valence-corrected chi connectivity index (χ1v) is 7.20. The lowest BCUT2D eigenvalue weighted by Gasteiger charge is -2.62. The first kappa shape index (κ1) is 15.0. The predicted octanol–water partition coefficient (Wildman–Crippen LogP) is 1.89. The van der Waals surface area contributed by atoms with E-state index < -0.39 is 0 Å². The Morgan fingerprint density at radius 2 is 1.80 bits per heavy atom. The molecule has 0 radical (unpaired) electrons. The van der Waals surface area contributed by atoms with Crippen LogP contribution in [0.5, 0.6) is 0 Å². The van der Waals surface area contributed by atoms with E-state index in [1.54, 1.807) is 12.4 Å². The van der Waals surface area contributed by atoms with E-state index in [0.717, 1.165) is 12.0 Å². The molecule has 1 aliphatic rings. The largest absolute Gasteiger partial charge is 0.352 e. The second kappa shape index (κ2) is 5.17. The third-order valence-corrected chi connectivity index (χ3v) is 4.79. The molecule has 0 aromatic carbocycles. The zero-order valence-electron chi connectivity index (χ0n) is 12.8. The number of nitrogens with zero attached hydrogens (tertiary/aromatic N) is 1. The summed E-state index contributed by atoms with van der Waals surface area (Å²) in [5.74, 6) is 0.0971. The molecule has 0 atom stereocenters. The second-order valence-electron chi connectivity index (χ2n) is 6.98. The van der Waals surface area contributed by atoms with Gasteiger partial charge in [0.05, 0.1) is 0 Å². The van der Waals surface area contributed by atoms with Crippen molar-refractivity contribution in [3.63, 3.8) is 0 Å². The molecule has 3 N–H and O–H groups in total. The Morgan fingerprint density at radius 3 is 2.35 bits per heavy atom. The number of carbonyl (C=O) groups is 1. The van der Waals surface area contributed by atoms with Crippen molar-refractivity contribution < 1.29 is 4.79 Å². The number of aromatic nitrogens is 1. The zero-order chi connectivity index (χ0) is 15.0. The molecular weight excluding hydrogens is 250 g/mol. The average Bonchev–Trinajstić information content (AvgIpc) is 2.42. The summed E-state index contributed by atoms with van der Waals surface area (Å²) < 4.78 is 0. The topological polar surface area (TPSA) is 68.0 Å². The van der Waals surface area contributed by atoms with Gasteiger partial charge in [-0.15, -0.1) is 0 Å². The summed E-state index contributed by atoms with van der Waals surface area (Å²) in [6.07, 6.45) is 4.75. The van der Waals surface area contributed by atoms with Crippen LogP contribution in [0, 0.1) is 10.8 Å². The quantitative estimate of drug-likeness (QED) is 0.881. The Hall–Kier alpha value is -1.42. The first-order valence-electron chi connectivity index (χ1n) is 7.20. The van der Waals surface area contributed by atoms with Crippen molar-refractivity contribution in [3.05, 3.63) is 30.1 Å². The highest BCUT2D eigenvalue weighted by molar-refractivity contribution is 5.77. The van der Waals surface area contributed by atoms with Gasteiger partial charge in [-0.05, 0) is 24.1 Å². The molecule has 1 fully saturated rings. The minimum atomic E-state index is -0.0458. The van der Waals surface area contributed by atoms with Crippen molar-refractivity contribution in [1.29, 1.82) is 0 Å². The molecule has 1 aromatic heterocycles. The normalized spacial score (nSPS) is 26.6. The molecule has 20 heavy (non-hydrogen) atoms. The van der Waals surface area contributed by atoms with E-state index in [0.29, 0.717) is 6.42 Å². The van der Waals surface area contributed by atoms with Crippen molar-refractivity contribution in [2.24, 2.45) is 16.6 Å². The molecule has 2 rings (SSSR count). The van der Waals surface area contributed by atoms with Crippen LogP contribution in [0.15, 0.2) is 24.5 Å². The zero-order valence-corrected chi connectivity index (χ0v) is 12.8. The fraction of sp³-hybridized carbons (Fsp3) is 0.625. The highest BCUT2D eigenvalue weighted by Gasteiger charge is 2.60. The monoisotopic (exact) mass is 275 g/mol. The fourth-order valence-corrected chi connectivity index (χ4v) is 3.59. The Bertz CT molecular complexity index is 466. The predicted molar refractivity (Wildman–Crippen MR) is 80.0 cm³/mol. The van der Waals surface area contributed by atoms with Gasteiger partial charge in [0, 0.05) is 41.7 Å². The standard InChI is InChI=1S/C16H25N3O/c1-15(2)13(17)16(3,4)14(15)19-12(20)6-5-11-7-9-18-10-8-11/h7-10,13-14H,5-6,17H2,1-4H3,(H,19,20). The van der Waals surface area contributed by atoms with Gasteiger partial charge in [-0.25, -0.2) is 0 Å². The van der Waals surface area contributed by atoms with Crippen LogP contribution in [0.25, 0.3) is 0 Å². The van der Waals surface area contributed by atoms with Gasteiger partial charge in [-0.2, -0.15) is 0 Å². The summed E-state index contributed by atoms with van der Waals surface area (Å²) in [6.45, 7) is 8.49. The summed E-state index contributed by atoms with van der Waals surface area (Å²) in [6, 6.07) is 4.14. The van der Waals surface area contributed by atoms with Crippen LogP contribution in [0.3, 0.4) is 0 Å². The van der Waals surface area contributed by atoms with Gasteiger partial charge in [0.25, 0.3) is 0 Å². The number of hydrogen-bond acceptors (Lipinski definition) is 3. The van der Waals surface area contributed by atoms with Crippen LogP contribution in [0.4, 0.5) is 0 Å². The van der Waals surface area contributed by atoms with Crippen LogP contribution in [-0.2, 0) is 11.2 Å². The Kier molecular flexibility index (Phi) is 3.87. The summed E-state index contributed by atoms with van der Waals surface area (Å²) in [5.41, 5.74) is 7.25. The number of rotatable bonds is 4. The molecule has 0 saturated heterocycles. The maximum Gasteiger partial charge on any atom is 0.220 e. The SMILES string of the molecule is CC1(C)C(N)C(C)(C)C1NC(=O)CCc1ccncc1. The van der Waals surface area contributed by atoms with Gasteiger partial charge in [-0.3, -0.25) is 9.78 Å². The summed E-state index contributed by atoms with van der Waals surface area (Å²) in [7, 11) is 0. The number of nitrogens with two attached hydrogens (primary N) is 1. The first-order chi connectivity index (χ1) is 9.26. The summed E-state index contributed by atoms with van der Waals surface area (Å²) in [5, 5.41) is 3.16. The van der Waals surface area contributed by atoms with Gasteiger partial charge in [-0.1, -0.05) is 27.7 Å². The van der Waals surface area contributed by atoms with Gasteiger partial charge in [0.1, 0.15) is 0 Å². The number of nitrogens with one attached hydrogen (secondary N) is 1. The third kappa shape index (κ3) is 2.57. The van der Waals surface area contributed by atoms with E-state index in [-0.39, 0.29) is 28.8 Å². The number of carbonyl (C=O) groups excluding carboxylic acids is 1. The molecule has 1 saturated carbocycles. The molecule has 4 nitrogen and oxygen atoms in total. The van der Waals surface area contributed by atoms with Crippen molar-refractivity contribution in [1.82, 2.24) is 10.3 Å². The van der Waals surface area contributed by atoms with Crippen LogP contribution in [0.2, 0.25) is 0 Å². The number of amides is 1. The molecule has 0 aliphatic heterocycles. The lowest BCUT2D eigenvalue weighted by molar-refractivity contribution is -0.132. The van der Waals surface area contributed by atoms with E-state index in [2.05, 4.69) is 38.0 Å². The fourth-order valence-electron chi connectivity index (χ4n) is 3.59. The molecule has 0 bridgehead atoms. The van der Waals surface area contributed by atoms with E-state index in [1.807, 2.05) is 12.1 Å². The summed E-state index contributed by atoms with van der Waals surface area (Å²) in [4.78, 5) is 16.1. The molecule has 4 heteroatoms. The van der Waals surface area contributed by atoms with Crippen LogP contribution in [0.1, 0.15) is 39.7 Å². The molecule has 0 spiro atoms. The Morgan fingerprint density at radius 1 is 1.25 bits per heavy atom. The molecular formula is C16H25N3O. The number of aryl methyl sites for hydroxylation is 1. The number of pyridine rings is 1. The third-order valence-electron chi connectivity index (χ3n) is 4.79. The van der Waals surface area contributed by atoms with Crippen LogP contribution in [-0.4, -0.2) is 23.0 Å². The second-order valence-corrected chi connectivity index (χ2v) is 6.98. The summed E-state index contributed by atoms with van der Waals surface area (Å²) >= 11 is 0. The Balaban J connectivity index is 1.89. The van der Waals surface area contributed by atoms with E-state index in [4.69, 9.17) is 5.73 Å². The van der Waals surface area contributed by atoms with Crippen molar-refractivity contribution >= 4 is 5.91 Å². The van der Waals surface area contributed by atoms with Crippen molar-refractivity contribution in [3.8, 4) is 0 Å². The van der Waals surface area contributed by atoms with Crippen molar-refractivity contribution in [2.45, 2.75) is 52.6 Å². The minimum absolute atomic E-state index is 0.0458. The maximum atomic E-state index is 12.1. The van der Waals surface area contributed by atoms with Gasteiger partial charge in [0.2, 0.25) is 5.91 Å². The molecule has 1 heterocycles. The Labute approximate surface area is 121 Å². The number of hydrogen-bond donors (Lipinski definition) is 2. The lowest BCUT2D eigenvalue weighted by atomic mass is 9.48.